The number of hydrogen-bond donors (Lipinski definition) is 0. The number of aromatic nitrogens is 1. The molecule has 3 amide bonds. The van der Waals surface area contributed by atoms with Crippen LogP contribution in [-0.4, -0.2) is 34.4 Å². The number of imide groups is 1. The summed E-state index contributed by atoms with van der Waals surface area (Å²) in [5.41, 5.74) is 1.65. The predicted octanol–water partition coefficient (Wildman–Crippen LogP) is 2.43. The van der Waals surface area contributed by atoms with Gasteiger partial charge in [-0.1, -0.05) is 6.92 Å². The number of urea groups is 1. The van der Waals surface area contributed by atoms with E-state index in [0.29, 0.717) is 41.6 Å². The van der Waals surface area contributed by atoms with E-state index in [-0.39, 0.29) is 18.0 Å². The van der Waals surface area contributed by atoms with E-state index in [1.807, 2.05) is 6.92 Å². The molecule has 2 aliphatic heterocycles. The highest BCUT2D eigenvalue weighted by Crippen LogP contribution is 2.35. The molecule has 2 fully saturated rings. The van der Waals surface area contributed by atoms with Crippen molar-refractivity contribution in [2.45, 2.75) is 33.2 Å². The highest BCUT2D eigenvalue weighted by Gasteiger charge is 2.50. The second kappa shape index (κ2) is 4.55. The topological polar surface area (TPSA) is 57.9 Å². The molecule has 6 heteroatoms. The molecule has 0 spiro atoms. The van der Waals surface area contributed by atoms with Gasteiger partial charge < -0.3 is 4.90 Å². The Morgan fingerprint density at radius 3 is 2.71 bits per heavy atom. The number of carbonyl (C=O) groups excluding carboxylic acids is 2. The molecule has 6 nitrogen and oxygen atoms in total. The van der Waals surface area contributed by atoms with Crippen LogP contribution in [0, 0.1) is 26.3 Å². The smallest absolute Gasteiger partial charge is 0.312 e. The monoisotopic (exact) mass is 284 g/mol. The molecule has 0 N–H and O–H groups in total. The molecule has 2 aliphatic rings. The zero-order valence-corrected chi connectivity index (χ0v) is 12.3. The maximum absolute atomic E-state index is 12.5. The first-order valence-corrected chi connectivity index (χ1v) is 6.94. The fourth-order valence-corrected chi connectivity index (χ4v) is 3.08. The third-order valence-corrected chi connectivity index (χ3v) is 4.14. The number of rotatable bonds is 1. The van der Waals surface area contributed by atoms with Gasteiger partial charge in [0.1, 0.15) is 11.9 Å². The highest BCUT2D eigenvalue weighted by atomic mass is 16.2. The molecule has 0 radical (unpaired) electrons. The number of amides is 3. The number of pyridine rings is 1. The van der Waals surface area contributed by atoms with E-state index in [2.05, 4.69) is 9.83 Å². The van der Waals surface area contributed by atoms with Crippen LogP contribution in [0.3, 0.4) is 0 Å². The van der Waals surface area contributed by atoms with Gasteiger partial charge in [0.2, 0.25) is 5.69 Å². The van der Waals surface area contributed by atoms with Gasteiger partial charge in [-0.15, -0.1) is 0 Å². The van der Waals surface area contributed by atoms with Gasteiger partial charge in [0.15, 0.2) is 0 Å². The Balaban J connectivity index is 2.03. The first-order valence-electron chi connectivity index (χ1n) is 6.94. The van der Waals surface area contributed by atoms with Crippen molar-refractivity contribution in [2.75, 3.05) is 11.4 Å². The van der Waals surface area contributed by atoms with E-state index >= 15 is 0 Å². The van der Waals surface area contributed by atoms with Crippen LogP contribution in [0.2, 0.25) is 0 Å². The van der Waals surface area contributed by atoms with E-state index in [1.165, 1.54) is 4.90 Å². The Morgan fingerprint density at radius 2 is 2.10 bits per heavy atom. The molecule has 1 aromatic rings. The van der Waals surface area contributed by atoms with Crippen LogP contribution in [0.5, 0.6) is 0 Å². The van der Waals surface area contributed by atoms with Gasteiger partial charge in [-0.25, -0.2) is 19.5 Å². The van der Waals surface area contributed by atoms with E-state index in [1.54, 1.807) is 24.8 Å². The number of carbonyl (C=O) groups is 2. The summed E-state index contributed by atoms with van der Waals surface area (Å²) in [5.74, 6) is 0.511. The largest absolute Gasteiger partial charge is 0.333 e. The maximum atomic E-state index is 12.5. The quantitative estimate of drug-likeness (QED) is 0.588. The number of anilines is 1. The first kappa shape index (κ1) is 13.6. The van der Waals surface area contributed by atoms with Gasteiger partial charge in [-0.2, -0.15) is 0 Å². The maximum Gasteiger partial charge on any atom is 0.333 e. The van der Waals surface area contributed by atoms with Crippen molar-refractivity contribution in [3.05, 3.63) is 28.7 Å². The molecule has 0 aliphatic carbocycles. The fraction of sp³-hybridized carbons (Fsp3) is 0.467. The Hall–Kier alpha value is -2.42. The normalized spacial score (nSPS) is 24.5. The van der Waals surface area contributed by atoms with Crippen molar-refractivity contribution in [3.63, 3.8) is 0 Å². The molecule has 2 atom stereocenters. The minimum absolute atomic E-state index is 0.199. The Bertz CT molecular complexity index is 668. The summed E-state index contributed by atoms with van der Waals surface area (Å²) in [6.07, 6.45) is 0.708. The molecule has 2 saturated heterocycles. The predicted molar refractivity (Wildman–Crippen MR) is 77.1 cm³/mol. The summed E-state index contributed by atoms with van der Waals surface area (Å²) in [6.45, 7) is 13.2. The second-order valence-electron chi connectivity index (χ2n) is 5.81. The minimum Gasteiger partial charge on any atom is -0.312 e. The van der Waals surface area contributed by atoms with E-state index in [9.17, 15) is 9.59 Å². The van der Waals surface area contributed by atoms with Gasteiger partial charge in [-0.3, -0.25) is 4.79 Å². The SMILES string of the molecule is [C-]#[N+]c1cc(C)c(N2C(=O)C3CC(C)CN3C2=O)nc1C. The Kier molecular flexibility index (Phi) is 2.94. The Morgan fingerprint density at radius 1 is 1.38 bits per heavy atom. The second-order valence-corrected chi connectivity index (χ2v) is 5.81. The fourth-order valence-electron chi connectivity index (χ4n) is 3.08. The summed E-state index contributed by atoms with van der Waals surface area (Å²) < 4.78 is 0. The van der Waals surface area contributed by atoms with Crippen molar-refractivity contribution >= 4 is 23.4 Å². The van der Waals surface area contributed by atoms with Gasteiger partial charge in [-0.05, 0) is 37.8 Å². The average Bonchev–Trinajstić information content (AvgIpc) is 2.92. The van der Waals surface area contributed by atoms with Crippen LogP contribution in [0.1, 0.15) is 24.6 Å². The van der Waals surface area contributed by atoms with Gasteiger partial charge >= 0.3 is 6.03 Å². The number of fused-ring (bicyclic) bond motifs is 1. The summed E-state index contributed by atoms with van der Waals surface area (Å²) >= 11 is 0. The molecule has 108 valence electrons. The lowest BCUT2D eigenvalue weighted by Crippen LogP contribution is -2.35. The van der Waals surface area contributed by atoms with Gasteiger partial charge in [0, 0.05) is 12.2 Å². The molecule has 21 heavy (non-hydrogen) atoms. The number of aryl methyl sites for hydroxylation is 2. The standard InChI is InChI=1S/C15H16N4O2/c1-8-5-12-14(20)19(15(21)18(12)7-8)13-9(2)6-11(16-4)10(3)17-13/h6,8,12H,5,7H2,1-3H3. The zero-order chi connectivity index (χ0) is 15.3. The van der Waals surface area contributed by atoms with Crippen molar-refractivity contribution in [1.82, 2.24) is 9.88 Å². The molecule has 1 aromatic heterocycles. The summed E-state index contributed by atoms with van der Waals surface area (Å²) in [4.78, 5) is 35.5. The summed E-state index contributed by atoms with van der Waals surface area (Å²) in [7, 11) is 0. The third kappa shape index (κ3) is 1.88. The highest BCUT2D eigenvalue weighted by molar-refractivity contribution is 6.21. The number of hydrogen-bond acceptors (Lipinski definition) is 3. The van der Waals surface area contributed by atoms with Crippen LogP contribution >= 0.6 is 0 Å². The lowest BCUT2D eigenvalue weighted by molar-refractivity contribution is -0.119. The van der Waals surface area contributed by atoms with E-state index < -0.39 is 0 Å². The molecular formula is C15H16N4O2. The summed E-state index contributed by atoms with van der Waals surface area (Å²) in [5, 5.41) is 0. The van der Waals surface area contributed by atoms with Crippen LogP contribution in [-0.2, 0) is 4.79 Å². The van der Waals surface area contributed by atoms with Crippen LogP contribution in [0.15, 0.2) is 6.07 Å². The Labute approximate surface area is 123 Å². The van der Waals surface area contributed by atoms with E-state index in [0.717, 1.165) is 0 Å². The third-order valence-electron chi connectivity index (χ3n) is 4.14. The van der Waals surface area contributed by atoms with E-state index in [4.69, 9.17) is 6.57 Å². The van der Waals surface area contributed by atoms with Crippen molar-refractivity contribution < 1.29 is 9.59 Å². The first-order chi connectivity index (χ1) is 9.93. The lowest BCUT2D eigenvalue weighted by Gasteiger charge is -2.18. The van der Waals surface area contributed by atoms with Gasteiger partial charge in [0.05, 0.1) is 6.57 Å². The van der Waals surface area contributed by atoms with Crippen molar-refractivity contribution in [2.24, 2.45) is 5.92 Å². The lowest BCUT2D eigenvalue weighted by atomic mass is 10.1. The van der Waals surface area contributed by atoms with Crippen LogP contribution in [0.25, 0.3) is 4.85 Å². The van der Waals surface area contributed by atoms with Crippen LogP contribution in [0.4, 0.5) is 16.3 Å². The van der Waals surface area contributed by atoms with Crippen molar-refractivity contribution in [3.8, 4) is 0 Å². The molecule has 0 bridgehead atoms. The molecule has 3 rings (SSSR count). The molecular weight excluding hydrogens is 268 g/mol. The van der Waals surface area contributed by atoms with Crippen LogP contribution < -0.4 is 4.90 Å². The molecule has 2 unspecified atom stereocenters. The molecule has 3 heterocycles. The zero-order valence-electron chi connectivity index (χ0n) is 12.3. The summed E-state index contributed by atoms with van der Waals surface area (Å²) in [6, 6.07) is 1.03. The average molecular weight is 284 g/mol. The molecule has 0 aromatic carbocycles. The minimum atomic E-state index is -0.352. The van der Waals surface area contributed by atoms with Gasteiger partial charge in [0.25, 0.3) is 5.91 Å². The number of nitrogens with zero attached hydrogens (tertiary/aromatic N) is 4. The van der Waals surface area contributed by atoms with Crippen molar-refractivity contribution in [1.29, 1.82) is 0 Å². The molecule has 0 saturated carbocycles.